The maximum Gasteiger partial charge on any atom is 0.260 e. The maximum absolute atomic E-state index is 13.0. The lowest BCUT2D eigenvalue weighted by Gasteiger charge is -2.24. The molecule has 0 spiro atoms. The average Bonchev–Trinajstić information content (AvgIpc) is 3.10. The second kappa shape index (κ2) is 6.71. The number of anilines is 1. The van der Waals surface area contributed by atoms with E-state index >= 15 is 0 Å². The van der Waals surface area contributed by atoms with Crippen LogP contribution in [0, 0.1) is 6.92 Å². The molecule has 0 aromatic heterocycles. The van der Waals surface area contributed by atoms with Crippen LogP contribution >= 0.6 is 0 Å². The van der Waals surface area contributed by atoms with Crippen LogP contribution in [0.3, 0.4) is 0 Å². The van der Waals surface area contributed by atoms with Gasteiger partial charge in [-0.05, 0) is 61.4 Å². The van der Waals surface area contributed by atoms with Crippen molar-refractivity contribution in [3.63, 3.8) is 0 Å². The topological polar surface area (TPSA) is 44.7 Å². The fourth-order valence-corrected chi connectivity index (χ4v) is 3.73. The number of hydrogen-bond donors (Lipinski definition) is 1. The molecule has 0 fully saturated rings. The van der Waals surface area contributed by atoms with Gasteiger partial charge in [-0.3, -0.25) is 14.7 Å². The second-order valence-electron chi connectivity index (χ2n) is 6.75. The monoisotopic (exact) mass is 333 g/mol. The van der Waals surface area contributed by atoms with Gasteiger partial charge < -0.3 is 5.32 Å². The Kier molecular flexibility index (Phi) is 4.26. The van der Waals surface area contributed by atoms with E-state index < -0.39 is 0 Å². The molecular weight excluding hydrogens is 310 g/mol. The van der Waals surface area contributed by atoms with E-state index in [4.69, 9.17) is 0 Å². The molecule has 1 aliphatic heterocycles. The van der Waals surface area contributed by atoms with Crippen molar-refractivity contribution in [2.75, 3.05) is 18.4 Å². The summed E-state index contributed by atoms with van der Waals surface area (Å²) in [6.45, 7) is 3.25. The Morgan fingerprint density at radius 3 is 2.80 bits per heavy atom. The molecule has 4 heteroatoms. The summed E-state index contributed by atoms with van der Waals surface area (Å²) in [7, 11) is 0. The predicted octanol–water partition coefficient (Wildman–Crippen LogP) is 3.80. The van der Waals surface area contributed by atoms with Crippen molar-refractivity contribution in [1.29, 1.82) is 0 Å². The highest BCUT2D eigenvalue weighted by Gasteiger charge is 2.26. The standard InChI is InChI=1S/C21H23N3O/c1-15-7-2-4-10-17(15)20(25)24-14-13-22-21(24)23-19-12-6-9-16-8-3-5-11-18(16)19/h2,4,6-7,9-10,12H,3,5,8,11,13-14H2,1H3,(H,22,23). The van der Waals surface area contributed by atoms with Gasteiger partial charge in [0.1, 0.15) is 0 Å². The minimum absolute atomic E-state index is 0.0200. The van der Waals surface area contributed by atoms with Gasteiger partial charge in [-0.2, -0.15) is 0 Å². The third-order valence-electron chi connectivity index (χ3n) is 5.10. The first-order chi connectivity index (χ1) is 12.2. The number of nitrogens with zero attached hydrogens (tertiary/aromatic N) is 2. The van der Waals surface area contributed by atoms with Crippen molar-refractivity contribution < 1.29 is 4.79 Å². The van der Waals surface area contributed by atoms with Crippen molar-refractivity contribution in [1.82, 2.24) is 4.90 Å². The maximum atomic E-state index is 13.0. The number of guanidine groups is 1. The second-order valence-corrected chi connectivity index (χ2v) is 6.75. The van der Waals surface area contributed by atoms with E-state index in [0.717, 1.165) is 29.7 Å². The third-order valence-corrected chi connectivity index (χ3v) is 5.10. The van der Waals surface area contributed by atoms with Crippen LogP contribution in [0.5, 0.6) is 0 Å². The highest BCUT2D eigenvalue weighted by Crippen LogP contribution is 2.28. The number of carbonyl (C=O) groups is 1. The fourth-order valence-electron chi connectivity index (χ4n) is 3.73. The van der Waals surface area contributed by atoms with E-state index in [1.165, 1.54) is 24.0 Å². The van der Waals surface area contributed by atoms with E-state index in [9.17, 15) is 4.79 Å². The van der Waals surface area contributed by atoms with Crippen LogP contribution in [0.15, 0.2) is 47.5 Å². The zero-order valence-corrected chi connectivity index (χ0v) is 14.6. The summed E-state index contributed by atoms with van der Waals surface area (Å²) in [4.78, 5) is 19.3. The normalized spacial score (nSPS) is 16.4. The van der Waals surface area contributed by atoms with Crippen LogP contribution in [0.4, 0.5) is 5.69 Å². The summed E-state index contributed by atoms with van der Waals surface area (Å²) < 4.78 is 0. The number of carbonyl (C=O) groups excluding carboxylic acids is 1. The molecule has 0 unspecified atom stereocenters. The molecule has 0 radical (unpaired) electrons. The molecule has 0 saturated heterocycles. The number of rotatable bonds is 2. The minimum Gasteiger partial charge on any atom is -0.326 e. The molecule has 2 aromatic carbocycles. The van der Waals surface area contributed by atoms with Gasteiger partial charge in [0.25, 0.3) is 5.91 Å². The molecule has 2 aromatic rings. The summed E-state index contributed by atoms with van der Waals surface area (Å²) in [5.74, 6) is 0.693. The number of amides is 1. The van der Waals surface area contributed by atoms with E-state index in [0.29, 0.717) is 19.0 Å². The lowest BCUT2D eigenvalue weighted by molar-refractivity contribution is 0.0857. The lowest BCUT2D eigenvalue weighted by atomic mass is 9.90. The first-order valence-corrected chi connectivity index (χ1v) is 9.04. The van der Waals surface area contributed by atoms with Crippen molar-refractivity contribution in [2.45, 2.75) is 32.6 Å². The van der Waals surface area contributed by atoms with Crippen molar-refractivity contribution in [3.8, 4) is 0 Å². The fraction of sp³-hybridized carbons (Fsp3) is 0.333. The zero-order valence-electron chi connectivity index (χ0n) is 14.6. The molecule has 4 rings (SSSR count). The Labute approximate surface area is 148 Å². The van der Waals surface area contributed by atoms with E-state index in [2.05, 4.69) is 28.5 Å². The van der Waals surface area contributed by atoms with Gasteiger partial charge in [-0.15, -0.1) is 0 Å². The number of fused-ring (bicyclic) bond motifs is 1. The van der Waals surface area contributed by atoms with Crippen molar-refractivity contribution >= 4 is 17.6 Å². The Hall–Kier alpha value is -2.62. The van der Waals surface area contributed by atoms with Gasteiger partial charge in [0.15, 0.2) is 0 Å². The predicted molar refractivity (Wildman–Crippen MR) is 101 cm³/mol. The van der Waals surface area contributed by atoms with Crippen LogP contribution < -0.4 is 5.32 Å². The van der Waals surface area contributed by atoms with Crippen molar-refractivity contribution in [2.24, 2.45) is 4.99 Å². The molecule has 0 bridgehead atoms. The summed E-state index contributed by atoms with van der Waals surface area (Å²) >= 11 is 0. The molecule has 2 aliphatic rings. The summed E-state index contributed by atoms with van der Waals surface area (Å²) in [5.41, 5.74) is 5.64. The summed E-state index contributed by atoms with van der Waals surface area (Å²) in [5, 5.41) is 3.44. The quantitative estimate of drug-likeness (QED) is 0.908. The summed E-state index contributed by atoms with van der Waals surface area (Å²) in [6, 6.07) is 14.1. The molecular formula is C21H23N3O. The van der Waals surface area contributed by atoms with Crippen molar-refractivity contribution in [3.05, 3.63) is 64.7 Å². The zero-order chi connectivity index (χ0) is 17.2. The number of aliphatic imine (C=N–C) groups is 1. The Balaban J connectivity index is 1.59. The number of hydrogen-bond acceptors (Lipinski definition) is 3. The molecule has 1 amide bonds. The smallest absolute Gasteiger partial charge is 0.260 e. The molecule has 0 atom stereocenters. The molecule has 128 valence electrons. The number of nitrogens with one attached hydrogen (secondary N) is 1. The summed E-state index contributed by atoms with van der Waals surface area (Å²) in [6.07, 6.45) is 4.72. The number of benzene rings is 2. The van der Waals surface area contributed by atoms with Crippen LogP contribution in [0.1, 0.15) is 39.9 Å². The first kappa shape index (κ1) is 15.9. The SMILES string of the molecule is Cc1ccccc1C(=O)N1CCN=C1Nc1cccc2c1CCCC2. The van der Waals surface area contributed by atoms with E-state index in [1.54, 1.807) is 4.90 Å². The largest absolute Gasteiger partial charge is 0.326 e. The Morgan fingerprint density at radius 2 is 1.92 bits per heavy atom. The van der Waals surface area contributed by atoms with Gasteiger partial charge in [0, 0.05) is 17.8 Å². The average molecular weight is 333 g/mol. The molecule has 1 N–H and O–H groups in total. The minimum atomic E-state index is 0.0200. The Bertz CT molecular complexity index is 841. The van der Waals surface area contributed by atoms with Crippen LogP contribution in [0.25, 0.3) is 0 Å². The van der Waals surface area contributed by atoms with E-state index in [-0.39, 0.29) is 5.91 Å². The van der Waals surface area contributed by atoms with Gasteiger partial charge in [0.2, 0.25) is 5.96 Å². The van der Waals surface area contributed by atoms with Gasteiger partial charge in [0.05, 0.1) is 6.54 Å². The Morgan fingerprint density at radius 1 is 1.08 bits per heavy atom. The number of aryl methyl sites for hydroxylation is 2. The highest BCUT2D eigenvalue weighted by molar-refractivity contribution is 6.11. The van der Waals surface area contributed by atoms with Gasteiger partial charge in [-0.25, -0.2) is 0 Å². The lowest BCUT2D eigenvalue weighted by Crippen LogP contribution is -2.39. The van der Waals surface area contributed by atoms with Crippen LogP contribution in [-0.2, 0) is 12.8 Å². The molecule has 1 aliphatic carbocycles. The van der Waals surface area contributed by atoms with Crippen LogP contribution in [-0.4, -0.2) is 29.9 Å². The third kappa shape index (κ3) is 3.04. The van der Waals surface area contributed by atoms with E-state index in [1.807, 2.05) is 31.2 Å². The van der Waals surface area contributed by atoms with Gasteiger partial charge >= 0.3 is 0 Å². The van der Waals surface area contributed by atoms with Crippen LogP contribution in [0.2, 0.25) is 0 Å². The molecule has 1 heterocycles. The molecule has 0 saturated carbocycles. The molecule has 25 heavy (non-hydrogen) atoms. The highest BCUT2D eigenvalue weighted by atomic mass is 16.2. The first-order valence-electron chi connectivity index (χ1n) is 9.04. The molecule has 4 nitrogen and oxygen atoms in total. The van der Waals surface area contributed by atoms with Gasteiger partial charge in [-0.1, -0.05) is 30.3 Å².